The molecule has 0 atom stereocenters. The van der Waals surface area contributed by atoms with Crippen LogP contribution in [0, 0.1) is 0 Å². The number of hydrogen-bond acceptors (Lipinski definition) is 2. The topological polar surface area (TPSA) is 3.24 Å². The lowest BCUT2D eigenvalue weighted by molar-refractivity contribution is 1.30. The molecule has 0 unspecified atom stereocenters. The summed E-state index contributed by atoms with van der Waals surface area (Å²) in [5.74, 6) is 0. The zero-order valence-corrected chi connectivity index (χ0v) is 33.5. The number of rotatable bonds is 6. The van der Waals surface area contributed by atoms with Gasteiger partial charge in [0.05, 0.1) is 5.69 Å². The Morgan fingerprint density at radius 2 is 0.833 bits per heavy atom. The van der Waals surface area contributed by atoms with Gasteiger partial charge in [0, 0.05) is 37.1 Å². The third-order valence-electron chi connectivity index (χ3n) is 12.2. The van der Waals surface area contributed by atoms with Gasteiger partial charge in [-0.1, -0.05) is 176 Å². The summed E-state index contributed by atoms with van der Waals surface area (Å²) in [6.07, 6.45) is 0. The molecule has 0 amide bonds. The summed E-state index contributed by atoms with van der Waals surface area (Å²) in [6.45, 7) is 0. The Kier molecular flexibility index (Phi) is 8.11. The summed E-state index contributed by atoms with van der Waals surface area (Å²) < 4.78 is 2.60. The van der Waals surface area contributed by atoms with Gasteiger partial charge < -0.3 is 4.90 Å². The normalized spacial score (nSPS) is 11.7. The second-order valence-electron chi connectivity index (χ2n) is 15.6. The van der Waals surface area contributed by atoms with Gasteiger partial charge in [0.25, 0.3) is 0 Å². The fraction of sp³-hybridized carbons (Fsp3) is 0. The van der Waals surface area contributed by atoms with Crippen LogP contribution in [0.2, 0.25) is 0 Å². The molecule has 12 rings (SSSR count). The largest absolute Gasteiger partial charge is 0.310 e. The second kappa shape index (κ2) is 14.1. The molecule has 0 aliphatic carbocycles. The van der Waals surface area contributed by atoms with E-state index in [9.17, 15) is 0 Å². The van der Waals surface area contributed by atoms with Crippen molar-refractivity contribution >= 4 is 91.7 Å². The number of para-hydroxylation sites is 1. The standard InChI is InChI=1S/C58H37NS/c1-3-16-39(17-4-1)57-51-24-10-9-22-48(51)49-32-29-42(36-53(49)58(57)40-18-5-2-6-19-40)47-21-11-13-25-54(47)59(44-31-34-56-52(37-44)50-23-12-14-26-55(50)60-56)43-30-33-46-41(35-43)28-27-38-15-7-8-20-45(38)46/h1-37H. The van der Waals surface area contributed by atoms with Crippen LogP contribution in [0.25, 0.3) is 96.6 Å². The zero-order valence-electron chi connectivity index (χ0n) is 32.7. The molecule has 60 heavy (non-hydrogen) atoms. The highest BCUT2D eigenvalue weighted by Crippen LogP contribution is 2.48. The van der Waals surface area contributed by atoms with E-state index in [0.717, 1.165) is 17.1 Å². The fourth-order valence-electron chi connectivity index (χ4n) is 9.50. The summed E-state index contributed by atoms with van der Waals surface area (Å²) in [6, 6.07) is 82.7. The molecule has 2 heteroatoms. The molecule has 1 heterocycles. The minimum absolute atomic E-state index is 1.12. The van der Waals surface area contributed by atoms with Crippen molar-refractivity contribution in [1.82, 2.24) is 0 Å². The molecule has 0 aliphatic heterocycles. The first kappa shape index (κ1) is 34.5. The van der Waals surface area contributed by atoms with E-state index in [1.807, 2.05) is 11.3 Å². The monoisotopic (exact) mass is 779 g/mol. The van der Waals surface area contributed by atoms with Crippen LogP contribution in [0.1, 0.15) is 0 Å². The van der Waals surface area contributed by atoms with Crippen molar-refractivity contribution in [2.75, 3.05) is 4.90 Å². The van der Waals surface area contributed by atoms with Gasteiger partial charge in [-0.05, 0) is 119 Å². The summed E-state index contributed by atoms with van der Waals surface area (Å²) in [5.41, 5.74) is 10.6. The Balaban J connectivity index is 1.13. The van der Waals surface area contributed by atoms with Crippen molar-refractivity contribution in [3.63, 3.8) is 0 Å². The highest BCUT2D eigenvalue weighted by atomic mass is 32.1. The number of hydrogen-bond donors (Lipinski definition) is 0. The molecule has 0 saturated heterocycles. The maximum atomic E-state index is 2.47. The minimum Gasteiger partial charge on any atom is -0.310 e. The van der Waals surface area contributed by atoms with Crippen LogP contribution in [-0.2, 0) is 0 Å². The van der Waals surface area contributed by atoms with Gasteiger partial charge in [0.2, 0.25) is 0 Å². The number of nitrogens with zero attached hydrogens (tertiary/aromatic N) is 1. The van der Waals surface area contributed by atoms with E-state index in [2.05, 4.69) is 229 Å². The second-order valence-corrected chi connectivity index (χ2v) is 16.7. The average molecular weight is 780 g/mol. The molecule has 0 radical (unpaired) electrons. The van der Waals surface area contributed by atoms with E-state index in [1.165, 1.54) is 96.6 Å². The minimum atomic E-state index is 1.12. The molecule has 0 aliphatic rings. The maximum Gasteiger partial charge on any atom is 0.0540 e. The Bertz CT molecular complexity index is 3600. The highest BCUT2D eigenvalue weighted by Gasteiger charge is 2.22. The summed E-state index contributed by atoms with van der Waals surface area (Å²) in [4.78, 5) is 2.47. The predicted octanol–water partition coefficient (Wildman–Crippen LogP) is 17.1. The van der Waals surface area contributed by atoms with Crippen LogP contribution in [0.5, 0.6) is 0 Å². The van der Waals surface area contributed by atoms with Crippen LogP contribution in [0.15, 0.2) is 224 Å². The quantitative estimate of drug-likeness (QED) is 0.152. The maximum absolute atomic E-state index is 2.47. The first-order chi connectivity index (χ1) is 29.8. The lowest BCUT2D eigenvalue weighted by Gasteiger charge is -2.28. The number of thiophene rings is 1. The Labute approximate surface area is 352 Å². The van der Waals surface area contributed by atoms with Crippen LogP contribution in [-0.4, -0.2) is 0 Å². The highest BCUT2D eigenvalue weighted by molar-refractivity contribution is 7.25. The first-order valence-corrected chi connectivity index (χ1v) is 21.4. The summed E-state index contributed by atoms with van der Waals surface area (Å²) in [7, 11) is 0. The van der Waals surface area contributed by atoms with E-state index in [4.69, 9.17) is 0 Å². The van der Waals surface area contributed by atoms with Gasteiger partial charge >= 0.3 is 0 Å². The Morgan fingerprint density at radius 1 is 0.283 bits per heavy atom. The lowest BCUT2D eigenvalue weighted by atomic mass is 9.84. The third kappa shape index (κ3) is 5.61. The van der Waals surface area contributed by atoms with Crippen LogP contribution in [0.4, 0.5) is 17.1 Å². The van der Waals surface area contributed by atoms with Crippen molar-refractivity contribution in [3.05, 3.63) is 224 Å². The molecule has 11 aromatic carbocycles. The van der Waals surface area contributed by atoms with Crippen molar-refractivity contribution in [2.24, 2.45) is 0 Å². The van der Waals surface area contributed by atoms with E-state index in [-0.39, 0.29) is 0 Å². The molecule has 0 fully saturated rings. The van der Waals surface area contributed by atoms with Crippen molar-refractivity contribution in [1.29, 1.82) is 0 Å². The molecule has 1 aromatic heterocycles. The number of benzene rings is 11. The number of fused-ring (bicyclic) bond motifs is 9. The molecular formula is C58H37NS. The van der Waals surface area contributed by atoms with E-state index < -0.39 is 0 Å². The number of anilines is 3. The van der Waals surface area contributed by atoms with Crippen molar-refractivity contribution < 1.29 is 0 Å². The zero-order chi connectivity index (χ0) is 39.6. The van der Waals surface area contributed by atoms with Crippen LogP contribution < -0.4 is 4.90 Å². The molecule has 0 spiro atoms. The SMILES string of the molecule is c1ccc(-c2c(-c3ccccc3)c3cc(-c4ccccc4N(c4ccc5c(ccc6ccccc65)c4)c4ccc5sc6ccccc6c5c4)ccc3c3ccccc23)cc1. The molecule has 0 bridgehead atoms. The molecule has 1 nitrogen and oxygen atoms in total. The average Bonchev–Trinajstić information content (AvgIpc) is 3.70. The smallest absolute Gasteiger partial charge is 0.0540 e. The molecule has 0 N–H and O–H groups in total. The molecule has 12 aromatic rings. The van der Waals surface area contributed by atoms with Gasteiger partial charge in [-0.15, -0.1) is 11.3 Å². The first-order valence-electron chi connectivity index (χ1n) is 20.6. The lowest BCUT2D eigenvalue weighted by Crippen LogP contribution is -2.11. The summed E-state index contributed by atoms with van der Waals surface area (Å²) in [5, 5.41) is 12.6. The van der Waals surface area contributed by atoms with Gasteiger partial charge in [0.1, 0.15) is 0 Å². The summed E-state index contributed by atoms with van der Waals surface area (Å²) >= 11 is 1.86. The van der Waals surface area contributed by atoms with E-state index in [1.54, 1.807) is 0 Å². The fourth-order valence-corrected chi connectivity index (χ4v) is 10.6. The Hall–Kier alpha value is -7.52. The predicted molar refractivity (Wildman–Crippen MR) is 260 cm³/mol. The van der Waals surface area contributed by atoms with Crippen molar-refractivity contribution in [2.45, 2.75) is 0 Å². The van der Waals surface area contributed by atoms with E-state index in [0.29, 0.717) is 0 Å². The van der Waals surface area contributed by atoms with Gasteiger partial charge in [-0.25, -0.2) is 0 Å². The molecular weight excluding hydrogens is 743 g/mol. The van der Waals surface area contributed by atoms with Crippen LogP contribution >= 0.6 is 11.3 Å². The molecule has 280 valence electrons. The Morgan fingerprint density at radius 3 is 1.65 bits per heavy atom. The van der Waals surface area contributed by atoms with Crippen molar-refractivity contribution in [3.8, 4) is 33.4 Å². The third-order valence-corrected chi connectivity index (χ3v) is 13.4. The van der Waals surface area contributed by atoms with Gasteiger partial charge in [-0.2, -0.15) is 0 Å². The van der Waals surface area contributed by atoms with Gasteiger partial charge in [0.15, 0.2) is 0 Å². The van der Waals surface area contributed by atoms with Crippen LogP contribution in [0.3, 0.4) is 0 Å². The molecule has 0 saturated carbocycles. The van der Waals surface area contributed by atoms with Gasteiger partial charge in [-0.3, -0.25) is 0 Å². The van der Waals surface area contributed by atoms with E-state index >= 15 is 0 Å².